The molecule has 160 valence electrons. The van der Waals surface area contributed by atoms with Crippen LogP contribution >= 0.6 is 0 Å². The van der Waals surface area contributed by atoms with E-state index in [0.717, 1.165) is 22.4 Å². The van der Waals surface area contributed by atoms with Crippen LogP contribution in [0.25, 0.3) is 5.70 Å². The van der Waals surface area contributed by atoms with Gasteiger partial charge in [-0.15, -0.1) is 0 Å². The van der Waals surface area contributed by atoms with Crippen molar-refractivity contribution in [2.75, 3.05) is 6.61 Å². The second kappa shape index (κ2) is 9.49. The summed E-state index contributed by atoms with van der Waals surface area (Å²) in [5.41, 5.74) is 7.74. The van der Waals surface area contributed by atoms with E-state index in [0.29, 0.717) is 23.4 Å². The Morgan fingerprint density at radius 2 is 1.48 bits per heavy atom. The fourth-order valence-electron chi connectivity index (χ4n) is 3.38. The average molecular weight is 417 g/mol. The molecule has 3 N–H and O–H groups in total. The van der Waals surface area contributed by atoms with Crippen LogP contribution in [-0.4, -0.2) is 17.6 Å². The zero-order valence-electron chi connectivity index (χ0n) is 18.1. The molecule has 0 aliphatic carbocycles. The van der Waals surface area contributed by atoms with Gasteiger partial charge in [0.25, 0.3) is 5.91 Å². The SMILES string of the molecule is C=C(NNC(=O)C(O)(c1cccc(C)c1)c1cccc(C)c1)c1ccc(OCC)cc1. The predicted octanol–water partition coefficient (Wildman–Crippen LogP) is 4.23. The number of ether oxygens (including phenoxy) is 1. The van der Waals surface area contributed by atoms with Crippen LogP contribution in [0.4, 0.5) is 0 Å². The summed E-state index contributed by atoms with van der Waals surface area (Å²) in [5, 5.41) is 11.7. The summed E-state index contributed by atoms with van der Waals surface area (Å²) >= 11 is 0. The number of aliphatic hydroxyl groups is 1. The second-order valence-electron chi connectivity index (χ2n) is 7.46. The van der Waals surface area contributed by atoms with Gasteiger partial charge in [0.15, 0.2) is 5.60 Å². The number of aryl methyl sites for hydroxylation is 2. The molecule has 0 spiro atoms. The number of nitrogens with one attached hydrogen (secondary N) is 2. The Bertz CT molecular complexity index is 1030. The molecule has 0 fully saturated rings. The van der Waals surface area contributed by atoms with E-state index in [1.165, 1.54) is 0 Å². The van der Waals surface area contributed by atoms with E-state index in [-0.39, 0.29) is 0 Å². The predicted molar refractivity (Wildman–Crippen MR) is 123 cm³/mol. The lowest BCUT2D eigenvalue weighted by Gasteiger charge is -2.29. The van der Waals surface area contributed by atoms with Crippen molar-refractivity contribution in [3.8, 4) is 5.75 Å². The quantitative estimate of drug-likeness (QED) is 0.481. The molecule has 5 heteroatoms. The lowest BCUT2D eigenvalue weighted by molar-refractivity contribution is -0.137. The van der Waals surface area contributed by atoms with Crippen molar-refractivity contribution in [3.05, 3.63) is 107 Å². The van der Waals surface area contributed by atoms with Crippen LogP contribution in [0, 0.1) is 13.8 Å². The van der Waals surface area contributed by atoms with E-state index >= 15 is 0 Å². The highest BCUT2D eigenvalue weighted by atomic mass is 16.5. The van der Waals surface area contributed by atoms with Gasteiger partial charge in [-0.3, -0.25) is 15.6 Å². The summed E-state index contributed by atoms with van der Waals surface area (Å²) in [5.74, 6) is 0.159. The molecule has 3 aromatic carbocycles. The van der Waals surface area contributed by atoms with Crippen molar-refractivity contribution >= 4 is 11.6 Å². The van der Waals surface area contributed by atoms with Gasteiger partial charge in [-0.1, -0.05) is 66.2 Å². The molecule has 31 heavy (non-hydrogen) atoms. The van der Waals surface area contributed by atoms with Gasteiger partial charge < -0.3 is 9.84 Å². The molecule has 0 heterocycles. The average Bonchev–Trinajstić information content (AvgIpc) is 2.77. The summed E-state index contributed by atoms with van der Waals surface area (Å²) in [4.78, 5) is 13.3. The standard InChI is InChI=1S/C26H28N2O3/c1-5-31-24-14-12-21(13-15-24)20(4)27-28-25(29)26(30,22-10-6-8-18(2)16-22)23-11-7-9-19(3)17-23/h6-17,27,30H,4-5H2,1-3H3,(H,28,29). The maximum Gasteiger partial charge on any atom is 0.279 e. The molecular formula is C26H28N2O3. The first-order valence-electron chi connectivity index (χ1n) is 10.2. The first-order chi connectivity index (χ1) is 14.8. The van der Waals surface area contributed by atoms with Crippen LogP contribution in [0.5, 0.6) is 5.75 Å². The van der Waals surface area contributed by atoms with Crippen molar-refractivity contribution in [1.29, 1.82) is 0 Å². The minimum atomic E-state index is -1.87. The Balaban J connectivity index is 1.84. The summed E-state index contributed by atoms with van der Waals surface area (Å²) in [7, 11) is 0. The molecule has 0 unspecified atom stereocenters. The van der Waals surface area contributed by atoms with Gasteiger partial charge in [0.1, 0.15) is 5.75 Å². The number of benzene rings is 3. The molecular weight excluding hydrogens is 388 g/mol. The van der Waals surface area contributed by atoms with Crippen molar-refractivity contribution < 1.29 is 14.6 Å². The van der Waals surface area contributed by atoms with E-state index in [1.54, 1.807) is 12.1 Å². The third kappa shape index (κ3) is 4.95. The van der Waals surface area contributed by atoms with Crippen molar-refractivity contribution in [2.45, 2.75) is 26.4 Å². The summed E-state index contributed by atoms with van der Waals surface area (Å²) in [6.45, 7) is 10.3. The van der Waals surface area contributed by atoms with E-state index in [9.17, 15) is 9.90 Å². The maximum absolute atomic E-state index is 13.3. The Morgan fingerprint density at radius 3 is 1.97 bits per heavy atom. The fraction of sp³-hybridized carbons (Fsp3) is 0.192. The summed E-state index contributed by atoms with van der Waals surface area (Å²) in [6, 6.07) is 22.0. The zero-order chi connectivity index (χ0) is 22.4. The molecule has 0 radical (unpaired) electrons. The fourth-order valence-corrected chi connectivity index (χ4v) is 3.38. The van der Waals surface area contributed by atoms with Crippen LogP contribution < -0.4 is 15.6 Å². The Kier molecular flexibility index (Phi) is 6.78. The van der Waals surface area contributed by atoms with E-state index < -0.39 is 11.5 Å². The molecule has 0 aliphatic rings. The van der Waals surface area contributed by atoms with E-state index in [2.05, 4.69) is 17.4 Å². The van der Waals surface area contributed by atoms with Crippen LogP contribution in [0.15, 0.2) is 79.4 Å². The third-order valence-electron chi connectivity index (χ3n) is 5.04. The zero-order valence-corrected chi connectivity index (χ0v) is 18.1. The Labute approximate surface area is 183 Å². The molecule has 3 aromatic rings. The first-order valence-corrected chi connectivity index (χ1v) is 10.2. The lowest BCUT2D eigenvalue weighted by Crippen LogP contribution is -2.50. The van der Waals surface area contributed by atoms with Gasteiger partial charge in [0.2, 0.25) is 0 Å². The number of amides is 1. The van der Waals surface area contributed by atoms with Gasteiger partial charge in [0, 0.05) is 0 Å². The third-order valence-corrected chi connectivity index (χ3v) is 5.04. The first kappa shape index (κ1) is 22.1. The molecule has 0 aliphatic heterocycles. The molecule has 0 saturated heterocycles. The Hall–Kier alpha value is -3.57. The molecule has 0 saturated carbocycles. The number of rotatable bonds is 8. The van der Waals surface area contributed by atoms with E-state index in [4.69, 9.17) is 4.74 Å². The highest BCUT2D eigenvalue weighted by molar-refractivity contribution is 5.90. The number of carbonyl (C=O) groups is 1. The number of hydrogen-bond donors (Lipinski definition) is 3. The Morgan fingerprint density at radius 1 is 0.935 bits per heavy atom. The number of hydrazine groups is 1. The van der Waals surface area contributed by atoms with Crippen LogP contribution in [0.2, 0.25) is 0 Å². The molecule has 0 aromatic heterocycles. The van der Waals surface area contributed by atoms with Gasteiger partial charge in [0.05, 0.1) is 12.3 Å². The van der Waals surface area contributed by atoms with Crippen LogP contribution in [0.3, 0.4) is 0 Å². The van der Waals surface area contributed by atoms with Crippen LogP contribution in [0.1, 0.15) is 34.7 Å². The highest BCUT2D eigenvalue weighted by Gasteiger charge is 2.40. The molecule has 5 nitrogen and oxygen atoms in total. The topological polar surface area (TPSA) is 70.6 Å². The van der Waals surface area contributed by atoms with Crippen molar-refractivity contribution in [1.82, 2.24) is 10.9 Å². The second-order valence-corrected chi connectivity index (χ2v) is 7.46. The maximum atomic E-state index is 13.3. The van der Waals surface area contributed by atoms with Gasteiger partial charge >= 0.3 is 0 Å². The van der Waals surface area contributed by atoms with Gasteiger partial charge in [-0.2, -0.15) is 0 Å². The van der Waals surface area contributed by atoms with Crippen molar-refractivity contribution in [3.63, 3.8) is 0 Å². The number of carbonyl (C=O) groups excluding carboxylic acids is 1. The van der Waals surface area contributed by atoms with Gasteiger partial charge in [-0.25, -0.2) is 0 Å². The minimum Gasteiger partial charge on any atom is -0.494 e. The largest absolute Gasteiger partial charge is 0.494 e. The minimum absolute atomic E-state index is 0.490. The summed E-state index contributed by atoms with van der Waals surface area (Å²) < 4.78 is 5.45. The molecule has 0 atom stereocenters. The van der Waals surface area contributed by atoms with Gasteiger partial charge in [-0.05, 0) is 61.7 Å². The molecule has 1 amide bonds. The summed E-state index contributed by atoms with van der Waals surface area (Å²) in [6.07, 6.45) is 0. The number of hydrogen-bond acceptors (Lipinski definition) is 4. The van der Waals surface area contributed by atoms with Crippen LogP contribution in [-0.2, 0) is 10.4 Å². The molecule has 0 bridgehead atoms. The normalized spacial score (nSPS) is 11.0. The highest BCUT2D eigenvalue weighted by Crippen LogP contribution is 2.31. The lowest BCUT2D eigenvalue weighted by atomic mass is 9.84. The smallest absolute Gasteiger partial charge is 0.279 e. The van der Waals surface area contributed by atoms with E-state index in [1.807, 2.05) is 81.4 Å². The molecule has 3 rings (SSSR count). The monoisotopic (exact) mass is 416 g/mol. The van der Waals surface area contributed by atoms with Crippen molar-refractivity contribution in [2.24, 2.45) is 0 Å².